The van der Waals surface area contributed by atoms with Crippen LogP contribution in [0.3, 0.4) is 0 Å². The number of para-hydroxylation sites is 1. The summed E-state index contributed by atoms with van der Waals surface area (Å²) in [5, 5.41) is -0.0419. The van der Waals surface area contributed by atoms with E-state index in [0.29, 0.717) is 0 Å². The highest BCUT2D eigenvalue weighted by Crippen LogP contribution is 2.30. The number of aryl methyl sites for hydroxylation is 1. The highest BCUT2D eigenvalue weighted by Gasteiger charge is 2.20. The smallest absolute Gasteiger partial charge is 0.127 e. The zero-order chi connectivity index (χ0) is 14.1. The summed E-state index contributed by atoms with van der Waals surface area (Å²) in [7, 11) is 0. The van der Waals surface area contributed by atoms with Crippen LogP contribution in [0.25, 0.3) is 11.0 Å². The van der Waals surface area contributed by atoms with Crippen molar-refractivity contribution in [2.75, 3.05) is 11.5 Å². The Hall–Kier alpha value is -0.670. The van der Waals surface area contributed by atoms with Gasteiger partial charge in [-0.2, -0.15) is 11.8 Å². The van der Waals surface area contributed by atoms with Crippen molar-refractivity contribution in [3.63, 3.8) is 0 Å². The summed E-state index contributed by atoms with van der Waals surface area (Å²) in [6.07, 6.45) is 2.62. The van der Waals surface area contributed by atoms with Crippen LogP contribution < -0.4 is 0 Å². The van der Waals surface area contributed by atoms with Gasteiger partial charge in [-0.05, 0) is 55.7 Å². The number of halogens is 1. The molecule has 2 nitrogen and oxygen atoms in total. The third-order valence-electron chi connectivity index (χ3n) is 4.15. The number of benzene rings is 1. The summed E-state index contributed by atoms with van der Waals surface area (Å²) < 4.78 is 2.36. The van der Waals surface area contributed by atoms with Crippen molar-refractivity contribution < 1.29 is 0 Å². The van der Waals surface area contributed by atoms with Crippen LogP contribution in [0.1, 0.15) is 36.5 Å². The number of hydrogen-bond acceptors (Lipinski definition) is 2. The topological polar surface area (TPSA) is 17.8 Å². The van der Waals surface area contributed by atoms with Crippen LogP contribution in [0.15, 0.2) is 18.2 Å². The van der Waals surface area contributed by atoms with Gasteiger partial charge in [0.15, 0.2) is 0 Å². The standard InChI is InChI=1S/C16H21ClN2S/c1-11-4-3-5-14-15(11)18-16(12(2)17)19(14)10-13-6-8-20-9-7-13/h3-5,12-13H,6-10H2,1-2H3. The molecule has 0 spiro atoms. The average molecular weight is 309 g/mol. The van der Waals surface area contributed by atoms with Crippen molar-refractivity contribution in [1.82, 2.24) is 9.55 Å². The molecule has 20 heavy (non-hydrogen) atoms. The van der Waals surface area contributed by atoms with Crippen LogP contribution in [0.2, 0.25) is 0 Å². The van der Waals surface area contributed by atoms with Gasteiger partial charge in [0.2, 0.25) is 0 Å². The van der Waals surface area contributed by atoms with Crippen molar-refractivity contribution >= 4 is 34.4 Å². The Balaban J connectivity index is 2.02. The first kappa shape index (κ1) is 14.3. The van der Waals surface area contributed by atoms with Crippen molar-refractivity contribution in [3.8, 4) is 0 Å². The third kappa shape index (κ3) is 2.71. The summed E-state index contributed by atoms with van der Waals surface area (Å²) in [5.41, 5.74) is 3.59. The van der Waals surface area contributed by atoms with E-state index in [0.717, 1.165) is 23.8 Å². The second-order valence-corrected chi connectivity index (χ2v) is 7.57. The van der Waals surface area contributed by atoms with E-state index in [-0.39, 0.29) is 5.38 Å². The summed E-state index contributed by atoms with van der Waals surface area (Å²) in [6, 6.07) is 6.42. The Bertz CT molecular complexity index is 600. The van der Waals surface area contributed by atoms with Crippen molar-refractivity contribution in [3.05, 3.63) is 29.6 Å². The quantitative estimate of drug-likeness (QED) is 0.759. The lowest BCUT2D eigenvalue weighted by atomic mass is 10.0. The van der Waals surface area contributed by atoms with Gasteiger partial charge in [-0.1, -0.05) is 12.1 Å². The number of fused-ring (bicyclic) bond motifs is 1. The zero-order valence-corrected chi connectivity index (χ0v) is 13.7. The molecule has 3 rings (SSSR count). The van der Waals surface area contributed by atoms with E-state index in [1.165, 1.54) is 35.4 Å². The molecular weight excluding hydrogens is 288 g/mol. The van der Waals surface area contributed by atoms with Crippen molar-refractivity contribution in [1.29, 1.82) is 0 Å². The molecule has 0 saturated carbocycles. The van der Waals surface area contributed by atoms with Gasteiger partial charge in [-0.3, -0.25) is 0 Å². The summed E-state index contributed by atoms with van der Waals surface area (Å²) in [4.78, 5) is 4.80. The molecule has 1 aromatic carbocycles. The minimum atomic E-state index is -0.0419. The van der Waals surface area contributed by atoms with Gasteiger partial charge in [0.05, 0.1) is 16.4 Å². The number of imidazole rings is 1. The Labute approximate surface area is 129 Å². The minimum Gasteiger partial charge on any atom is -0.326 e. The average Bonchev–Trinajstić information content (AvgIpc) is 2.81. The van der Waals surface area contributed by atoms with E-state index in [9.17, 15) is 0 Å². The summed E-state index contributed by atoms with van der Waals surface area (Å²) in [5.74, 6) is 4.38. The molecule has 4 heteroatoms. The molecule has 1 saturated heterocycles. The fourth-order valence-electron chi connectivity index (χ4n) is 2.99. The van der Waals surface area contributed by atoms with E-state index >= 15 is 0 Å². The molecular formula is C16H21ClN2S. The number of nitrogens with zero attached hydrogens (tertiary/aromatic N) is 2. The first-order valence-corrected chi connectivity index (χ1v) is 8.93. The van der Waals surface area contributed by atoms with Gasteiger partial charge in [-0.15, -0.1) is 11.6 Å². The second kappa shape index (κ2) is 5.98. The van der Waals surface area contributed by atoms with Crippen molar-refractivity contribution in [2.24, 2.45) is 5.92 Å². The van der Waals surface area contributed by atoms with E-state index < -0.39 is 0 Å². The van der Waals surface area contributed by atoms with E-state index in [2.05, 4.69) is 41.5 Å². The molecule has 0 bridgehead atoms. The molecule has 0 amide bonds. The molecule has 2 heterocycles. The maximum Gasteiger partial charge on any atom is 0.127 e. The van der Waals surface area contributed by atoms with Gasteiger partial charge >= 0.3 is 0 Å². The van der Waals surface area contributed by atoms with Crippen LogP contribution in [0.4, 0.5) is 0 Å². The molecule has 0 N–H and O–H groups in total. The van der Waals surface area contributed by atoms with Crippen LogP contribution in [0, 0.1) is 12.8 Å². The number of hydrogen-bond donors (Lipinski definition) is 0. The lowest BCUT2D eigenvalue weighted by molar-refractivity contribution is 0.415. The number of alkyl halides is 1. The predicted molar refractivity (Wildman–Crippen MR) is 88.8 cm³/mol. The molecule has 1 fully saturated rings. The summed E-state index contributed by atoms with van der Waals surface area (Å²) in [6.45, 7) is 5.21. The number of thioether (sulfide) groups is 1. The zero-order valence-electron chi connectivity index (χ0n) is 12.1. The first-order chi connectivity index (χ1) is 9.66. The molecule has 1 atom stereocenters. The molecule has 108 valence electrons. The van der Waals surface area contributed by atoms with E-state index in [1.54, 1.807) is 0 Å². The molecule has 2 aromatic rings. The van der Waals surface area contributed by atoms with Gasteiger partial charge in [0.25, 0.3) is 0 Å². The van der Waals surface area contributed by atoms with Crippen LogP contribution in [-0.2, 0) is 6.54 Å². The molecule has 1 unspecified atom stereocenters. The van der Waals surface area contributed by atoms with E-state index in [4.69, 9.17) is 16.6 Å². The highest BCUT2D eigenvalue weighted by molar-refractivity contribution is 7.99. The molecule has 1 aliphatic heterocycles. The first-order valence-electron chi connectivity index (χ1n) is 7.34. The van der Waals surface area contributed by atoms with Gasteiger partial charge in [-0.25, -0.2) is 4.98 Å². The molecule has 1 aliphatic rings. The van der Waals surface area contributed by atoms with Crippen LogP contribution in [0.5, 0.6) is 0 Å². The minimum absolute atomic E-state index is 0.0419. The molecule has 0 radical (unpaired) electrons. The largest absolute Gasteiger partial charge is 0.326 e. The highest BCUT2D eigenvalue weighted by atomic mass is 35.5. The monoisotopic (exact) mass is 308 g/mol. The Morgan fingerprint density at radius 3 is 2.85 bits per heavy atom. The Morgan fingerprint density at radius 1 is 1.40 bits per heavy atom. The molecule has 0 aliphatic carbocycles. The third-order valence-corrected chi connectivity index (χ3v) is 5.39. The Morgan fingerprint density at radius 2 is 2.15 bits per heavy atom. The summed E-state index contributed by atoms with van der Waals surface area (Å²) >= 11 is 8.44. The SMILES string of the molecule is Cc1cccc2c1nc(C(C)Cl)n2CC1CCSCC1. The fraction of sp³-hybridized carbons (Fsp3) is 0.562. The lowest BCUT2D eigenvalue weighted by Gasteiger charge is -2.23. The number of rotatable bonds is 3. The number of aromatic nitrogens is 2. The predicted octanol–water partition coefficient (Wildman–Crippen LogP) is 4.79. The van der Waals surface area contributed by atoms with Crippen LogP contribution in [-0.4, -0.2) is 21.1 Å². The maximum absolute atomic E-state index is 6.36. The van der Waals surface area contributed by atoms with Gasteiger partial charge < -0.3 is 4.57 Å². The normalized spacial score (nSPS) is 18.6. The fourth-order valence-corrected chi connectivity index (χ4v) is 4.36. The van der Waals surface area contributed by atoms with Crippen molar-refractivity contribution in [2.45, 2.75) is 38.6 Å². The van der Waals surface area contributed by atoms with Gasteiger partial charge in [0, 0.05) is 6.54 Å². The molecule has 1 aromatic heterocycles. The Kier molecular flexibility index (Phi) is 4.27. The maximum atomic E-state index is 6.36. The lowest BCUT2D eigenvalue weighted by Crippen LogP contribution is -2.18. The van der Waals surface area contributed by atoms with E-state index in [1.807, 2.05) is 6.92 Å². The van der Waals surface area contributed by atoms with Crippen LogP contribution >= 0.6 is 23.4 Å². The second-order valence-electron chi connectivity index (χ2n) is 5.70. The van der Waals surface area contributed by atoms with Gasteiger partial charge in [0.1, 0.15) is 5.82 Å².